The van der Waals surface area contributed by atoms with E-state index in [0.29, 0.717) is 5.92 Å². The van der Waals surface area contributed by atoms with E-state index in [9.17, 15) is 0 Å². The molecule has 0 N–H and O–H groups in total. The summed E-state index contributed by atoms with van der Waals surface area (Å²) in [5, 5.41) is 0. The first-order valence-electron chi connectivity index (χ1n) is 4.78. The van der Waals surface area contributed by atoms with Gasteiger partial charge in [-0.05, 0) is 36.0 Å². The number of aryl methyl sites for hydroxylation is 1. The predicted octanol–water partition coefficient (Wildman–Crippen LogP) is 3.64. The van der Waals surface area contributed by atoms with Gasteiger partial charge >= 0.3 is 0 Å². The molecule has 1 aromatic carbocycles. The van der Waals surface area contributed by atoms with Gasteiger partial charge in [-0.15, -0.1) is 0 Å². The van der Waals surface area contributed by atoms with Crippen LogP contribution in [0, 0.1) is 19.4 Å². The summed E-state index contributed by atoms with van der Waals surface area (Å²) in [5.41, 5.74) is 3.87. The summed E-state index contributed by atoms with van der Waals surface area (Å²) in [6, 6.07) is 6.39. The largest absolute Gasteiger partial charge is 0.0625 e. The highest BCUT2D eigenvalue weighted by Gasteiger charge is 2.01. The molecule has 0 heteroatoms. The van der Waals surface area contributed by atoms with Crippen molar-refractivity contribution in [3.8, 4) is 0 Å². The van der Waals surface area contributed by atoms with E-state index in [1.807, 2.05) is 0 Å². The molecular weight excluding hydrogens is 156 g/mol. The minimum Gasteiger partial charge on any atom is -0.0625 e. The summed E-state index contributed by atoms with van der Waals surface area (Å²) >= 11 is 0. The number of hydrogen-bond acceptors (Lipinski definition) is 0. The molecular formula is C13H17. The first-order chi connectivity index (χ1) is 6.13. The van der Waals surface area contributed by atoms with Gasteiger partial charge in [-0.25, -0.2) is 0 Å². The molecule has 0 amide bonds. The van der Waals surface area contributed by atoms with Crippen molar-refractivity contribution in [3.63, 3.8) is 0 Å². The Morgan fingerprint density at radius 1 is 1.38 bits per heavy atom. The zero-order chi connectivity index (χ0) is 9.84. The molecule has 69 valence electrons. The van der Waals surface area contributed by atoms with E-state index in [1.54, 1.807) is 6.08 Å². The number of rotatable bonds is 3. The SMILES string of the molecule is [CH]=Cc1ccc(CC(C)C)c(C)c1. The molecule has 0 nitrogen and oxygen atoms in total. The Morgan fingerprint density at radius 2 is 2.08 bits per heavy atom. The standard InChI is InChI=1S/C13H17/c1-5-12-6-7-13(8-10(2)3)11(4)9-12/h1,5-7,9-10H,8H2,2-4H3. The highest BCUT2D eigenvalue weighted by molar-refractivity contribution is 5.48. The maximum Gasteiger partial charge on any atom is -0.0253 e. The maximum atomic E-state index is 5.45. The van der Waals surface area contributed by atoms with Crippen LogP contribution < -0.4 is 0 Å². The lowest BCUT2D eigenvalue weighted by molar-refractivity contribution is 0.645. The second-order valence-corrected chi connectivity index (χ2v) is 3.95. The molecule has 0 fully saturated rings. The summed E-state index contributed by atoms with van der Waals surface area (Å²) in [5.74, 6) is 0.714. The van der Waals surface area contributed by atoms with Gasteiger partial charge < -0.3 is 0 Å². The van der Waals surface area contributed by atoms with Gasteiger partial charge in [0.1, 0.15) is 0 Å². The normalized spacial score (nSPS) is 10.5. The van der Waals surface area contributed by atoms with Gasteiger partial charge in [0.25, 0.3) is 0 Å². The lowest BCUT2D eigenvalue weighted by atomic mass is 9.97. The smallest absolute Gasteiger partial charge is 0.0253 e. The molecule has 0 aliphatic rings. The van der Waals surface area contributed by atoms with Gasteiger partial charge in [-0.3, -0.25) is 0 Å². The molecule has 0 aromatic heterocycles. The first kappa shape index (κ1) is 10.0. The fourth-order valence-electron chi connectivity index (χ4n) is 1.49. The van der Waals surface area contributed by atoms with Crippen LogP contribution in [0.3, 0.4) is 0 Å². The van der Waals surface area contributed by atoms with Crippen LogP contribution in [0.25, 0.3) is 6.08 Å². The van der Waals surface area contributed by atoms with Gasteiger partial charge in [0.2, 0.25) is 0 Å². The van der Waals surface area contributed by atoms with Crippen molar-refractivity contribution < 1.29 is 0 Å². The molecule has 13 heavy (non-hydrogen) atoms. The Balaban J connectivity index is 2.91. The van der Waals surface area contributed by atoms with Crippen LogP contribution in [0.4, 0.5) is 0 Å². The van der Waals surface area contributed by atoms with Crippen molar-refractivity contribution in [1.29, 1.82) is 0 Å². The van der Waals surface area contributed by atoms with Crippen LogP contribution in [-0.2, 0) is 6.42 Å². The second-order valence-electron chi connectivity index (χ2n) is 3.95. The van der Waals surface area contributed by atoms with Crippen LogP contribution >= 0.6 is 0 Å². The van der Waals surface area contributed by atoms with Crippen LogP contribution in [-0.4, -0.2) is 0 Å². The zero-order valence-electron chi connectivity index (χ0n) is 8.67. The topological polar surface area (TPSA) is 0 Å². The van der Waals surface area contributed by atoms with E-state index in [-0.39, 0.29) is 0 Å². The van der Waals surface area contributed by atoms with E-state index >= 15 is 0 Å². The minimum atomic E-state index is 0.714. The van der Waals surface area contributed by atoms with Crippen molar-refractivity contribution in [2.45, 2.75) is 27.2 Å². The van der Waals surface area contributed by atoms with Gasteiger partial charge in [-0.2, -0.15) is 0 Å². The van der Waals surface area contributed by atoms with Crippen molar-refractivity contribution in [1.82, 2.24) is 0 Å². The molecule has 1 rings (SSSR count). The monoisotopic (exact) mass is 173 g/mol. The van der Waals surface area contributed by atoms with Crippen molar-refractivity contribution in [3.05, 3.63) is 41.5 Å². The van der Waals surface area contributed by atoms with E-state index < -0.39 is 0 Å². The summed E-state index contributed by atoms with van der Waals surface area (Å²) in [6.45, 7) is 12.1. The predicted molar refractivity (Wildman–Crippen MR) is 58.5 cm³/mol. The van der Waals surface area contributed by atoms with Crippen LogP contribution in [0.5, 0.6) is 0 Å². The quantitative estimate of drug-likeness (QED) is 0.654. The van der Waals surface area contributed by atoms with Crippen molar-refractivity contribution >= 4 is 6.08 Å². The van der Waals surface area contributed by atoms with Gasteiger partial charge in [-0.1, -0.05) is 44.7 Å². The number of hydrogen-bond donors (Lipinski definition) is 0. The second kappa shape index (κ2) is 4.27. The highest BCUT2D eigenvalue weighted by atomic mass is 14.1. The van der Waals surface area contributed by atoms with Crippen molar-refractivity contribution in [2.24, 2.45) is 5.92 Å². The average Bonchev–Trinajstić information content (AvgIpc) is 2.08. The molecule has 0 bridgehead atoms. The Labute approximate surface area is 81.3 Å². The minimum absolute atomic E-state index is 0.714. The Morgan fingerprint density at radius 3 is 2.54 bits per heavy atom. The summed E-state index contributed by atoms with van der Waals surface area (Å²) < 4.78 is 0. The Bertz CT molecular complexity index is 295. The zero-order valence-corrected chi connectivity index (χ0v) is 8.67. The van der Waals surface area contributed by atoms with Crippen LogP contribution in [0.15, 0.2) is 18.2 Å². The third kappa shape index (κ3) is 2.73. The number of benzene rings is 1. The molecule has 0 aliphatic carbocycles. The lowest BCUT2D eigenvalue weighted by Gasteiger charge is -2.08. The van der Waals surface area contributed by atoms with E-state index in [1.165, 1.54) is 11.1 Å². The lowest BCUT2D eigenvalue weighted by Crippen LogP contribution is -1.96. The summed E-state index contributed by atoms with van der Waals surface area (Å²) in [7, 11) is 0. The fourth-order valence-corrected chi connectivity index (χ4v) is 1.49. The molecule has 0 saturated carbocycles. The maximum absolute atomic E-state index is 5.45. The molecule has 0 saturated heterocycles. The first-order valence-corrected chi connectivity index (χ1v) is 4.78. The molecule has 0 aliphatic heterocycles. The van der Waals surface area contributed by atoms with Crippen LogP contribution in [0.2, 0.25) is 0 Å². The highest BCUT2D eigenvalue weighted by Crippen LogP contribution is 2.15. The molecule has 0 unspecified atom stereocenters. The molecule has 1 radical (unpaired) electrons. The average molecular weight is 173 g/mol. The van der Waals surface area contributed by atoms with Gasteiger partial charge in [0, 0.05) is 0 Å². The molecule has 1 aromatic rings. The third-order valence-corrected chi connectivity index (χ3v) is 2.19. The van der Waals surface area contributed by atoms with Crippen molar-refractivity contribution in [2.75, 3.05) is 0 Å². The summed E-state index contributed by atoms with van der Waals surface area (Å²) in [4.78, 5) is 0. The van der Waals surface area contributed by atoms with E-state index in [4.69, 9.17) is 6.58 Å². The van der Waals surface area contributed by atoms with Crippen LogP contribution in [0.1, 0.15) is 30.5 Å². The van der Waals surface area contributed by atoms with Gasteiger partial charge in [0.15, 0.2) is 0 Å². The Kier molecular flexibility index (Phi) is 3.30. The van der Waals surface area contributed by atoms with E-state index in [2.05, 4.69) is 39.0 Å². The Hall–Kier alpha value is -1.04. The molecule has 0 spiro atoms. The van der Waals surface area contributed by atoms with Gasteiger partial charge in [0.05, 0.1) is 0 Å². The molecule has 0 heterocycles. The third-order valence-electron chi connectivity index (χ3n) is 2.19. The summed E-state index contributed by atoms with van der Waals surface area (Å²) in [6.07, 6.45) is 2.79. The fraction of sp³-hybridized carbons (Fsp3) is 0.385. The molecule has 0 atom stereocenters. The van der Waals surface area contributed by atoms with E-state index in [0.717, 1.165) is 12.0 Å².